The first-order valence-electron chi connectivity index (χ1n) is 45.5. The van der Waals surface area contributed by atoms with E-state index in [2.05, 4.69) is 69.8 Å². The van der Waals surface area contributed by atoms with Gasteiger partial charge in [-0.3, -0.25) is 37.9 Å². The molecule has 0 unspecified atom stereocenters. The molecule has 4 N–H and O–H groups in total. The number of aryl methyl sites for hydroxylation is 8. The van der Waals surface area contributed by atoms with Crippen molar-refractivity contribution in [3.63, 3.8) is 0 Å². The molecule has 0 aliphatic carbocycles. The van der Waals surface area contributed by atoms with Crippen molar-refractivity contribution in [1.82, 2.24) is 96.2 Å². The van der Waals surface area contributed by atoms with Crippen molar-refractivity contribution in [1.29, 1.82) is 0 Å². The van der Waals surface area contributed by atoms with Crippen molar-refractivity contribution in [3.8, 4) is 68.5 Å². The molecule has 16 rings (SSSR count). The molecule has 0 saturated carbocycles. The third-order valence-electron chi connectivity index (χ3n) is 23.5. The van der Waals surface area contributed by atoms with Crippen molar-refractivity contribution in [2.75, 3.05) is 106 Å². The van der Waals surface area contributed by atoms with Crippen LogP contribution in [0.25, 0.3) is 89.7 Å². The van der Waals surface area contributed by atoms with Gasteiger partial charge in [-0.15, -0.1) is 30.3 Å². The summed E-state index contributed by atoms with van der Waals surface area (Å²) in [5.74, 6) is 2.39. The molecule has 140 heavy (non-hydrogen) atoms. The van der Waals surface area contributed by atoms with Crippen LogP contribution in [0.5, 0.6) is 23.0 Å². The molecule has 12 heterocycles. The highest BCUT2D eigenvalue weighted by molar-refractivity contribution is 7.90. The van der Waals surface area contributed by atoms with Gasteiger partial charge in [0.15, 0.2) is 22.1 Å². The topological polar surface area (TPSA) is 607 Å². The van der Waals surface area contributed by atoms with E-state index < -0.39 is 72.6 Å². The monoisotopic (exact) mass is 2020 g/mol. The molecule has 4 saturated heterocycles. The molecule has 754 valence electrons. The van der Waals surface area contributed by atoms with Gasteiger partial charge in [-0.25, -0.2) is 53.6 Å². The maximum absolute atomic E-state index is 13.3. The highest BCUT2D eigenvalue weighted by atomic mass is 32.2. The van der Waals surface area contributed by atoms with Crippen LogP contribution in [0.2, 0.25) is 0 Å². The van der Waals surface area contributed by atoms with Crippen LogP contribution in [0.1, 0.15) is 123 Å². The number of nitrogens with one attached hydrogen (secondary N) is 4. The van der Waals surface area contributed by atoms with Crippen LogP contribution in [0.4, 0.5) is 0 Å². The van der Waals surface area contributed by atoms with E-state index in [1.807, 2.05) is 34.6 Å². The molecule has 4 aliphatic rings. The maximum Gasteiger partial charge on any atom is 0.294 e. The Kier molecular flexibility index (Phi) is 33.0. The van der Waals surface area contributed by atoms with Crippen molar-refractivity contribution in [2.24, 2.45) is 45.9 Å². The molecule has 0 spiro atoms. The number of methoxy groups -OCH3 is 1. The molecule has 8 aromatic heterocycles. The minimum Gasteiger partial charge on any atom is -0.493 e. The summed E-state index contributed by atoms with van der Waals surface area (Å²) >= 11 is 0. The summed E-state index contributed by atoms with van der Waals surface area (Å²) in [6.07, 6.45) is 7.32. The average Bonchev–Trinajstić information content (AvgIpc) is 0.943. The van der Waals surface area contributed by atoms with E-state index in [0.717, 1.165) is 48.5 Å². The third-order valence-corrected chi connectivity index (χ3v) is 30.8. The lowest BCUT2D eigenvalue weighted by atomic mass is 9.98. The molecular weight excluding hydrogens is 1910 g/mol. The molecule has 4 aliphatic heterocycles. The number of aromatic nitrogens is 16. The van der Waals surface area contributed by atoms with Crippen LogP contribution in [-0.4, -0.2) is 257 Å². The first-order chi connectivity index (χ1) is 66.7. The number of nitrogens with zero attached hydrogens (tertiary/aromatic N) is 19. The SMILES string of the molecule is CCCc1nn(C)c2c(=O)[nH]c(-c3cc(S(=O)(=O)N4CC(CCCOC)C4)ccc3OCC)nc12.CCCc1nn(C)c2c(=O)[nH]c(-c3cc(S(=O)(=O)N4CC(CCO[N+](=O)[O-])C4)ccc3OCC)nc12.CCCc1nn(C)c2c(=O)[nH]c(-c3cc(S(=O)(=O)N4CC(CO[N+](=O)[O-])C4)ccc3OCC)nc12.CCCc1nn(C)c2c(=O)[nH]c(-c3cc(S(=O)(=O)N4CC(O[N+](=O)[O-])C4)ccc3OCC)nc12. The predicted octanol–water partition coefficient (Wildman–Crippen LogP) is 7.38. The summed E-state index contributed by atoms with van der Waals surface area (Å²) in [6, 6.07) is 17.8. The Balaban J connectivity index is 0.000000157. The van der Waals surface area contributed by atoms with E-state index in [9.17, 15) is 83.2 Å². The van der Waals surface area contributed by atoms with Gasteiger partial charge in [-0.2, -0.15) is 37.6 Å². The molecule has 4 aromatic carbocycles. The van der Waals surface area contributed by atoms with Crippen LogP contribution in [0, 0.1) is 48.1 Å². The molecule has 53 heteroatoms. The Morgan fingerprint density at radius 2 is 0.643 bits per heavy atom. The van der Waals surface area contributed by atoms with E-state index in [0.29, 0.717) is 191 Å². The quantitative estimate of drug-likeness (QED) is 0.0165. The summed E-state index contributed by atoms with van der Waals surface area (Å²) in [5.41, 5.74) is 5.95. The molecule has 0 amide bonds. The van der Waals surface area contributed by atoms with Gasteiger partial charge in [0.2, 0.25) is 40.1 Å². The van der Waals surface area contributed by atoms with Gasteiger partial charge in [0.25, 0.3) is 37.5 Å². The standard InChI is InChI=1S/C24H33N5O5S.C22H28N6O7S.C21H26N6O7S.C20H24N6O7S/c1-5-8-19-21-22(28(3)27-19)24(30)26-23(25-21)18-13-17(10-11-20(18)34-6-2)35(31,32)29-14-16(15-29)9-7-12-33-4;1-4-6-17-19-20(26(3)25-17)22(29)24-21(23-19)16-11-15(7-8-18(16)34-5-2)36(32,33)27-12-14(13-27)9-10-35-28(30)31;1-4-6-16-18-19(25(3)24-16)21(28)23-20(22-18)15-9-14(7-8-17(15)33-5-2)35(31,32)26-10-13(11-26)12-34-27(29)30;1-4-6-15-17-18(24(3)23-15)20(27)22-19(21-17)14-9-13(7-8-16(14)32-5-2)34(30,31)25-10-12(11-25)33-26(28)29/h10-11,13,16H,5-9,12,14-15H2,1-4H3,(H,25,26,30);7-8,11,14H,4-6,9-10,12-13H2,1-3H3,(H,23,24,29);7-9,13H,4-6,10-12H2,1-3H3,(H,22,23,28);7-9,12H,4-6,10-11H2,1-3H3,(H,21,22,27). The minimum absolute atomic E-state index is 0.00712. The molecule has 0 radical (unpaired) electrons. The molecule has 49 nitrogen and oxygen atoms in total. The Bertz CT molecular complexity index is 7360. The number of ether oxygens (including phenoxy) is 5. The minimum atomic E-state index is -3.96. The van der Waals surface area contributed by atoms with Gasteiger partial charge in [0, 0.05) is 100 Å². The molecule has 0 bridgehead atoms. The summed E-state index contributed by atoms with van der Waals surface area (Å²) in [4.78, 5) is 126. The first kappa shape index (κ1) is 104. The van der Waals surface area contributed by atoms with Gasteiger partial charge in [-0.1, -0.05) is 53.4 Å². The number of hydrogen-bond donors (Lipinski definition) is 4. The zero-order valence-corrected chi connectivity index (χ0v) is 82.6. The third kappa shape index (κ3) is 22.6. The van der Waals surface area contributed by atoms with Gasteiger partial charge in [-0.05, 0) is 157 Å². The summed E-state index contributed by atoms with van der Waals surface area (Å²) < 4.78 is 145. The van der Waals surface area contributed by atoms with Crippen LogP contribution >= 0.6 is 0 Å². The highest BCUT2D eigenvalue weighted by Gasteiger charge is 2.43. The van der Waals surface area contributed by atoms with E-state index in [1.54, 1.807) is 80.3 Å². The lowest BCUT2D eigenvalue weighted by Gasteiger charge is -2.38. The largest absolute Gasteiger partial charge is 0.493 e. The first-order valence-corrected chi connectivity index (χ1v) is 51.3. The van der Waals surface area contributed by atoms with E-state index >= 15 is 0 Å². The number of sulfonamides is 4. The summed E-state index contributed by atoms with van der Waals surface area (Å²) in [7, 11) is -6.96. The van der Waals surface area contributed by atoms with E-state index in [1.165, 1.54) is 80.2 Å². The summed E-state index contributed by atoms with van der Waals surface area (Å²) in [6.45, 7) is 18.5. The Labute approximate surface area is 802 Å². The highest BCUT2D eigenvalue weighted by Crippen LogP contribution is 2.41. The molecule has 12 aromatic rings. The van der Waals surface area contributed by atoms with Gasteiger partial charge in [0.05, 0.1) is 97.6 Å². The van der Waals surface area contributed by atoms with Gasteiger partial charge >= 0.3 is 0 Å². The van der Waals surface area contributed by atoms with Crippen LogP contribution in [0.15, 0.2) is 112 Å². The predicted molar refractivity (Wildman–Crippen MR) is 508 cm³/mol. The second kappa shape index (κ2) is 44.4. The number of aromatic amines is 4. The number of H-pyrrole nitrogens is 4. The van der Waals surface area contributed by atoms with E-state index in [4.69, 9.17) is 28.7 Å². The fourth-order valence-electron chi connectivity index (χ4n) is 16.6. The van der Waals surface area contributed by atoms with E-state index in [-0.39, 0.29) is 118 Å². The van der Waals surface area contributed by atoms with Crippen molar-refractivity contribution in [3.05, 3.63) is 167 Å². The van der Waals surface area contributed by atoms with Crippen molar-refractivity contribution in [2.45, 2.75) is 152 Å². The molecule has 4 fully saturated rings. The zero-order valence-electron chi connectivity index (χ0n) is 79.4. The lowest BCUT2D eigenvalue weighted by molar-refractivity contribution is -0.771. The van der Waals surface area contributed by atoms with Crippen molar-refractivity contribution < 1.29 is 87.1 Å². The fourth-order valence-corrected chi connectivity index (χ4v) is 23.0. The number of rotatable bonds is 41. The van der Waals surface area contributed by atoms with Gasteiger partial charge in [0.1, 0.15) is 81.1 Å². The summed E-state index contributed by atoms with van der Waals surface area (Å²) in [5, 5.41) is 46.2. The average molecular weight is 2020 g/mol. The van der Waals surface area contributed by atoms with Crippen LogP contribution in [-0.2, 0) is 113 Å². The second-order valence-corrected chi connectivity index (χ2v) is 41.2. The smallest absolute Gasteiger partial charge is 0.294 e. The van der Waals surface area contributed by atoms with Crippen LogP contribution < -0.4 is 41.2 Å². The fraction of sp³-hybridized carbons (Fsp3) is 0.494. The Hall–Kier alpha value is -13.3. The number of hydrogen-bond acceptors (Lipinski definition) is 34. The Morgan fingerprint density at radius 3 is 0.900 bits per heavy atom. The van der Waals surface area contributed by atoms with Crippen molar-refractivity contribution >= 4 is 84.2 Å². The van der Waals surface area contributed by atoms with Crippen LogP contribution in [0.3, 0.4) is 0 Å². The molecule has 0 atom stereocenters. The number of benzene rings is 4. The molecular formula is C87H111N23O26S4. The Morgan fingerprint density at radius 1 is 0.371 bits per heavy atom. The number of fused-ring (bicyclic) bond motifs is 4. The normalized spacial score (nSPS) is 14.8. The lowest BCUT2D eigenvalue weighted by Crippen LogP contribution is -2.55. The van der Waals surface area contributed by atoms with Gasteiger partial charge < -0.3 is 58.1 Å². The maximum atomic E-state index is 13.3. The zero-order chi connectivity index (χ0) is 101. The second-order valence-electron chi connectivity index (χ2n) is 33.4.